The maximum Gasteiger partial charge on any atom is 0.262 e. The zero-order valence-corrected chi connectivity index (χ0v) is 11.5. The minimum Gasteiger partial charge on any atom is -0.482 e. The van der Waals surface area contributed by atoms with Crippen LogP contribution in [0.5, 0.6) is 5.75 Å². The molecule has 2 aliphatic heterocycles. The fourth-order valence-corrected chi connectivity index (χ4v) is 3.57. The first-order valence-electron chi connectivity index (χ1n) is 6.34. The van der Waals surface area contributed by atoms with Gasteiger partial charge in [0, 0.05) is 12.6 Å². The molecular formula is C12H15N3O4S. The Kier molecular flexibility index (Phi) is 3.36. The highest BCUT2D eigenvalue weighted by Crippen LogP contribution is 2.30. The zero-order chi connectivity index (χ0) is 14.2. The van der Waals surface area contributed by atoms with Crippen LogP contribution in [0.4, 0.5) is 5.69 Å². The van der Waals surface area contributed by atoms with E-state index in [1.807, 2.05) is 0 Å². The van der Waals surface area contributed by atoms with Crippen molar-refractivity contribution in [2.24, 2.45) is 0 Å². The van der Waals surface area contributed by atoms with Gasteiger partial charge in [0.25, 0.3) is 5.91 Å². The van der Waals surface area contributed by atoms with Crippen LogP contribution in [0.15, 0.2) is 23.1 Å². The summed E-state index contributed by atoms with van der Waals surface area (Å²) in [6.45, 7) is 1.39. The molecule has 8 heteroatoms. The number of hydrogen-bond donors (Lipinski definition) is 3. The number of ether oxygens (including phenoxy) is 1. The topological polar surface area (TPSA) is 96.5 Å². The molecule has 2 heterocycles. The van der Waals surface area contributed by atoms with Crippen molar-refractivity contribution in [2.75, 3.05) is 25.0 Å². The number of sulfonamides is 1. The lowest BCUT2D eigenvalue weighted by Gasteiger charge is -2.19. The molecule has 0 spiro atoms. The quantitative estimate of drug-likeness (QED) is 0.709. The van der Waals surface area contributed by atoms with Crippen molar-refractivity contribution >= 4 is 21.6 Å². The smallest absolute Gasteiger partial charge is 0.262 e. The van der Waals surface area contributed by atoms with E-state index in [2.05, 4.69) is 15.4 Å². The number of anilines is 1. The van der Waals surface area contributed by atoms with E-state index in [1.54, 1.807) is 6.07 Å². The third kappa shape index (κ3) is 2.62. The van der Waals surface area contributed by atoms with E-state index in [9.17, 15) is 13.2 Å². The van der Waals surface area contributed by atoms with Crippen LogP contribution in [0, 0.1) is 0 Å². The summed E-state index contributed by atoms with van der Waals surface area (Å²) in [7, 11) is -3.59. The molecule has 1 saturated heterocycles. The molecule has 108 valence electrons. The first-order valence-corrected chi connectivity index (χ1v) is 7.83. The summed E-state index contributed by atoms with van der Waals surface area (Å²) in [6.07, 6.45) is 0.768. The molecule has 7 nitrogen and oxygen atoms in total. The van der Waals surface area contributed by atoms with Gasteiger partial charge in [0.05, 0.1) is 10.6 Å². The molecule has 20 heavy (non-hydrogen) atoms. The van der Waals surface area contributed by atoms with Gasteiger partial charge in [-0.1, -0.05) is 0 Å². The standard InChI is InChI=1S/C12H15N3O4S/c16-12-7-19-11-2-1-9(5-10(11)14-12)20(17,18)15-8-3-4-13-6-8/h1-2,5,8,13,15H,3-4,6-7H2,(H,14,16)/t8-/m0/s1. The first kappa shape index (κ1) is 13.3. The fraction of sp³-hybridized carbons (Fsp3) is 0.417. The van der Waals surface area contributed by atoms with E-state index >= 15 is 0 Å². The van der Waals surface area contributed by atoms with E-state index in [-0.39, 0.29) is 23.5 Å². The van der Waals surface area contributed by atoms with Gasteiger partial charge < -0.3 is 15.4 Å². The van der Waals surface area contributed by atoms with Gasteiger partial charge >= 0.3 is 0 Å². The zero-order valence-electron chi connectivity index (χ0n) is 10.7. The molecule has 0 radical (unpaired) electrons. The molecule has 0 saturated carbocycles. The van der Waals surface area contributed by atoms with E-state index in [0.717, 1.165) is 13.0 Å². The van der Waals surface area contributed by atoms with Crippen LogP contribution in [0.1, 0.15) is 6.42 Å². The van der Waals surface area contributed by atoms with Crippen molar-refractivity contribution in [2.45, 2.75) is 17.4 Å². The Labute approximate surface area is 116 Å². The summed E-state index contributed by atoms with van der Waals surface area (Å²) in [5.74, 6) is 0.186. The Bertz CT molecular complexity index is 638. The number of hydrogen-bond acceptors (Lipinski definition) is 5. The second kappa shape index (κ2) is 5.04. The highest BCUT2D eigenvalue weighted by atomic mass is 32.2. The van der Waals surface area contributed by atoms with Crippen LogP contribution < -0.4 is 20.1 Å². The summed E-state index contributed by atoms with van der Waals surface area (Å²) in [6, 6.07) is 4.34. The van der Waals surface area contributed by atoms with Gasteiger partial charge in [-0.05, 0) is 31.2 Å². The third-order valence-electron chi connectivity index (χ3n) is 3.28. The molecule has 3 rings (SSSR count). The third-order valence-corrected chi connectivity index (χ3v) is 4.79. The van der Waals surface area contributed by atoms with E-state index in [0.29, 0.717) is 18.0 Å². The predicted molar refractivity (Wildman–Crippen MR) is 72.2 cm³/mol. The number of carbonyl (C=O) groups is 1. The van der Waals surface area contributed by atoms with Gasteiger partial charge in [-0.3, -0.25) is 4.79 Å². The second-order valence-electron chi connectivity index (χ2n) is 4.81. The Hall–Kier alpha value is -1.64. The van der Waals surface area contributed by atoms with E-state index in [4.69, 9.17) is 4.74 Å². The normalized spacial score (nSPS) is 22.0. The summed E-state index contributed by atoms with van der Waals surface area (Å²) >= 11 is 0. The van der Waals surface area contributed by atoms with Crippen LogP contribution in [-0.4, -0.2) is 40.1 Å². The largest absolute Gasteiger partial charge is 0.482 e. The Morgan fingerprint density at radius 2 is 2.20 bits per heavy atom. The lowest BCUT2D eigenvalue weighted by Crippen LogP contribution is -2.36. The van der Waals surface area contributed by atoms with Crippen LogP contribution in [-0.2, 0) is 14.8 Å². The lowest BCUT2D eigenvalue weighted by atomic mass is 10.2. The molecule has 2 aliphatic rings. The molecule has 0 aliphatic carbocycles. The average Bonchev–Trinajstić information content (AvgIpc) is 2.90. The van der Waals surface area contributed by atoms with Gasteiger partial charge in [0.15, 0.2) is 6.61 Å². The maximum atomic E-state index is 12.3. The highest BCUT2D eigenvalue weighted by Gasteiger charge is 2.24. The molecule has 0 bridgehead atoms. The Morgan fingerprint density at radius 1 is 1.35 bits per heavy atom. The van der Waals surface area contributed by atoms with Crippen molar-refractivity contribution < 1.29 is 17.9 Å². The van der Waals surface area contributed by atoms with Crippen LogP contribution in [0.3, 0.4) is 0 Å². The van der Waals surface area contributed by atoms with Crippen molar-refractivity contribution in [1.82, 2.24) is 10.0 Å². The minimum atomic E-state index is -3.59. The summed E-state index contributed by atoms with van der Waals surface area (Å²) in [5, 5.41) is 5.70. The van der Waals surface area contributed by atoms with Crippen LogP contribution >= 0.6 is 0 Å². The van der Waals surface area contributed by atoms with Crippen molar-refractivity contribution in [3.05, 3.63) is 18.2 Å². The molecule has 3 N–H and O–H groups in total. The minimum absolute atomic E-state index is 0.0505. The van der Waals surface area contributed by atoms with Gasteiger partial charge in [-0.25, -0.2) is 13.1 Å². The van der Waals surface area contributed by atoms with Crippen molar-refractivity contribution in [3.8, 4) is 5.75 Å². The molecular weight excluding hydrogens is 282 g/mol. The molecule has 1 atom stereocenters. The van der Waals surface area contributed by atoms with Gasteiger partial charge in [-0.15, -0.1) is 0 Å². The molecule has 1 aromatic carbocycles. The first-order chi connectivity index (χ1) is 9.54. The van der Waals surface area contributed by atoms with Crippen molar-refractivity contribution in [3.63, 3.8) is 0 Å². The van der Waals surface area contributed by atoms with Gasteiger partial charge in [0.1, 0.15) is 5.75 Å². The predicted octanol–water partition coefficient (Wildman–Crippen LogP) is -0.342. The fourth-order valence-electron chi connectivity index (χ4n) is 2.27. The number of rotatable bonds is 3. The Balaban J connectivity index is 1.85. The van der Waals surface area contributed by atoms with E-state index in [1.165, 1.54) is 12.1 Å². The Morgan fingerprint density at radius 3 is 2.95 bits per heavy atom. The summed E-state index contributed by atoms with van der Waals surface area (Å²) < 4.78 is 32.4. The molecule has 1 amide bonds. The maximum absolute atomic E-state index is 12.3. The number of nitrogens with one attached hydrogen (secondary N) is 3. The lowest BCUT2D eigenvalue weighted by molar-refractivity contribution is -0.118. The number of carbonyl (C=O) groups excluding carboxylic acids is 1. The molecule has 0 aromatic heterocycles. The molecule has 1 fully saturated rings. The monoisotopic (exact) mass is 297 g/mol. The summed E-state index contributed by atoms with van der Waals surface area (Å²) in [4.78, 5) is 11.4. The van der Waals surface area contributed by atoms with E-state index < -0.39 is 10.0 Å². The van der Waals surface area contributed by atoms with Gasteiger partial charge in [0.2, 0.25) is 10.0 Å². The van der Waals surface area contributed by atoms with Crippen LogP contribution in [0.2, 0.25) is 0 Å². The van der Waals surface area contributed by atoms with Crippen LogP contribution in [0.25, 0.3) is 0 Å². The second-order valence-corrected chi connectivity index (χ2v) is 6.52. The average molecular weight is 297 g/mol. The molecule has 1 aromatic rings. The SMILES string of the molecule is O=C1COc2ccc(S(=O)(=O)N[C@H]3CCNC3)cc2N1. The number of amides is 1. The summed E-state index contributed by atoms with van der Waals surface area (Å²) in [5.41, 5.74) is 0.383. The van der Waals surface area contributed by atoms with Crippen molar-refractivity contribution in [1.29, 1.82) is 0 Å². The van der Waals surface area contributed by atoms with Gasteiger partial charge in [-0.2, -0.15) is 0 Å². The highest BCUT2D eigenvalue weighted by molar-refractivity contribution is 7.89. The number of benzene rings is 1. The number of fused-ring (bicyclic) bond motifs is 1. The molecule has 0 unspecified atom stereocenters.